The van der Waals surface area contributed by atoms with Gasteiger partial charge in [-0.3, -0.25) is 0 Å². The van der Waals surface area contributed by atoms with E-state index in [0.717, 1.165) is 43.2 Å². The molecule has 1 aromatic rings. The molecular weight excluding hydrogens is 256 g/mol. The van der Waals surface area contributed by atoms with Crippen molar-refractivity contribution < 1.29 is 9.53 Å². The summed E-state index contributed by atoms with van der Waals surface area (Å²) in [5.74, 6) is 0.832. The number of amides is 2. The van der Waals surface area contributed by atoms with E-state index in [1.807, 2.05) is 30.0 Å². The number of hydrogen-bond acceptors (Lipinski definition) is 4. The van der Waals surface area contributed by atoms with E-state index < -0.39 is 0 Å². The molecule has 2 amide bonds. The molecule has 2 saturated heterocycles. The van der Waals surface area contributed by atoms with Crippen LogP contribution in [0.15, 0.2) is 18.2 Å². The summed E-state index contributed by atoms with van der Waals surface area (Å²) in [4.78, 5) is 14.5. The molecule has 2 heterocycles. The zero-order valence-corrected chi connectivity index (χ0v) is 11.8. The van der Waals surface area contributed by atoms with Gasteiger partial charge in [0.25, 0.3) is 0 Å². The zero-order chi connectivity index (χ0) is 14.1. The smallest absolute Gasteiger partial charge is 0.339 e. The second-order valence-electron chi connectivity index (χ2n) is 5.19. The maximum atomic E-state index is 12.6. The number of anilines is 1. The van der Waals surface area contributed by atoms with E-state index in [9.17, 15) is 4.79 Å². The molecule has 2 aliphatic rings. The lowest BCUT2D eigenvalue weighted by Crippen LogP contribution is -2.68. The Balaban J connectivity index is 1.83. The number of aryl methyl sites for hydroxylation is 1. The summed E-state index contributed by atoms with van der Waals surface area (Å²) in [5.41, 5.74) is 5.08. The molecule has 2 N–H and O–H groups in total. The number of benzene rings is 1. The molecule has 1 aromatic carbocycles. The standard InChI is InChI=1S/C14H20N4O2/c1-10-7-11(3-4-13(10)20-2)18-14(19)17-6-5-15-8-12(17)9-16-18/h3-4,7,12,15-16H,5-6,8-9H2,1-2H3. The van der Waals surface area contributed by atoms with Gasteiger partial charge in [0.15, 0.2) is 0 Å². The van der Waals surface area contributed by atoms with Crippen LogP contribution in [0.5, 0.6) is 5.75 Å². The van der Waals surface area contributed by atoms with Gasteiger partial charge in [-0.1, -0.05) is 0 Å². The van der Waals surface area contributed by atoms with Crippen molar-refractivity contribution in [2.75, 3.05) is 38.3 Å². The molecule has 1 atom stereocenters. The van der Waals surface area contributed by atoms with Crippen molar-refractivity contribution in [3.63, 3.8) is 0 Å². The van der Waals surface area contributed by atoms with Crippen LogP contribution in [0.1, 0.15) is 5.56 Å². The van der Waals surface area contributed by atoms with Crippen molar-refractivity contribution in [1.29, 1.82) is 0 Å². The van der Waals surface area contributed by atoms with Gasteiger partial charge in [0.2, 0.25) is 0 Å². The van der Waals surface area contributed by atoms with Crippen molar-refractivity contribution >= 4 is 11.7 Å². The number of hydrogen-bond donors (Lipinski definition) is 2. The highest BCUT2D eigenvalue weighted by molar-refractivity contribution is 5.92. The van der Waals surface area contributed by atoms with Gasteiger partial charge in [0.05, 0.1) is 18.8 Å². The minimum atomic E-state index is 0.0207. The zero-order valence-electron chi connectivity index (χ0n) is 11.8. The van der Waals surface area contributed by atoms with E-state index >= 15 is 0 Å². The quantitative estimate of drug-likeness (QED) is 0.836. The fraction of sp³-hybridized carbons (Fsp3) is 0.500. The van der Waals surface area contributed by atoms with Gasteiger partial charge in [-0.15, -0.1) is 0 Å². The van der Waals surface area contributed by atoms with Gasteiger partial charge in [-0.2, -0.15) is 0 Å². The third-order valence-electron chi connectivity index (χ3n) is 3.91. The van der Waals surface area contributed by atoms with Gasteiger partial charge in [-0.25, -0.2) is 15.2 Å². The lowest BCUT2D eigenvalue weighted by atomic mass is 10.1. The summed E-state index contributed by atoms with van der Waals surface area (Å²) in [6.45, 7) is 5.22. The number of hydrazine groups is 1. The highest BCUT2D eigenvalue weighted by atomic mass is 16.5. The number of methoxy groups -OCH3 is 1. The van der Waals surface area contributed by atoms with Gasteiger partial charge < -0.3 is 15.0 Å². The molecule has 0 spiro atoms. The first-order valence-corrected chi connectivity index (χ1v) is 6.90. The van der Waals surface area contributed by atoms with E-state index in [4.69, 9.17) is 4.74 Å². The molecule has 6 nitrogen and oxygen atoms in total. The van der Waals surface area contributed by atoms with Crippen LogP contribution in [0.4, 0.5) is 10.5 Å². The van der Waals surface area contributed by atoms with Crippen LogP contribution in [-0.4, -0.2) is 50.3 Å². The molecule has 3 rings (SSSR count). The summed E-state index contributed by atoms with van der Waals surface area (Å²) >= 11 is 0. The molecule has 0 aliphatic carbocycles. The lowest BCUT2D eigenvalue weighted by molar-refractivity contribution is 0.143. The monoisotopic (exact) mass is 276 g/mol. The van der Waals surface area contributed by atoms with Crippen LogP contribution in [0, 0.1) is 6.92 Å². The SMILES string of the molecule is COc1ccc(N2NCC3CNCCN3C2=O)cc1C. The minimum Gasteiger partial charge on any atom is -0.496 e. The Labute approximate surface area is 118 Å². The Morgan fingerprint density at radius 2 is 2.20 bits per heavy atom. The molecule has 0 bridgehead atoms. The maximum absolute atomic E-state index is 12.6. The minimum absolute atomic E-state index is 0.0207. The number of rotatable bonds is 2. The third-order valence-corrected chi connectivity index (χ3v) is 3.91. The van der Waals surface area contributed by atoms with Crippen LogP contribution in [0.25, 0.3) is 0 Å². The number of carbonyl (C=O) groups excluding carboxylic acids is 1. The van der Waals surface area contributed by atoms with Gasteiger partial charge in [0, 0.05) is 26.2 Å². The summed E-state index contributed by atoms with van der Waals surface area (Å²) in [5, 5.41) is 4.95. The largest absolute Gasteiger partial charge is 0.496 e. The Morgan fingerprint density at radius 1 is 1.35 bits per heavy atom. The average molecular weight is 276 g/mol. The first kappa shape index (κ1) is 13.2. The average Bonchev–Trinajstić information content (AvgIpc) is 2.48. The topological polar surface area (TPSA) is 56.8 Å². The number of piperazine rings is 1. The van der Waals surface area contributed by atoms with Crippen LogP contribution in [0.3, 0.4) is 0 Å². The lowest BCUT2D eigenvalue weighted by Gasteiger charge is -2.44. The van der Waals surface area contributed by atoms with Crippen molar-refractivity contribution in [2.45, 2.75) is 13.0 Å². The number of carbonyl (C=O) groups is 1. The second-order valence-corrected chi connectivity index (χ2v) is 5.19. The molecule has 0 aromatic heterocycles. The Morgan fingerprint density at radius 3 is 2.95 bits per heavy atom. The van der Waals surface area contributed by atoms with E-state index in [0.29, 0.717) is 0 Å². The van der Waals surface area contributed by atoms with Gasteiger partial charge >= 0.3 is 6.03 Å². The van der Waals surface area contributed by atoms with Crippen molar-refractivity contribution in [3.8, 4) is 5.75 Å². The fourth-order valence-corrected chi connectivity index (χ4v) is 2.79. The number of urea groups is 1. The Bertz CT molecular complexity index is 520. The molecule has 2 aliphatic heterocycles. The molecule has 0 radical (unpaired) electrons. The number of ether oxygens (including phenoxy) is 1. The van der Waals surface area contributed by atoms with E-state index in [1.54, 1.807) is 12.1 Å². The summed E-state index contributed by atoms with van der Waals surface area (Å²) < 4.78 is 5.26. The number of nitrogens with one attached hydrogen (secondary N) is 2. The third kappa shape index (κ3) is 2.21. The predicted octanol–water partition coefficient (Wildman–Crippen LogP) is 0.722. The first-order chi connectivity index (χ1) is 9.70. The van der Waals surface area contributed by atoms with Gasteiger partial charge in [-0.05, 0) is 30.7 Å². The van der Waals surface area contributed by atoms with E-state index in [1.165, 1.54) is 0 Å². The van der Waals surface area contributed by atoms with Crippen molar-refractivity contribution in [2.24, 2.45) is 0 Å². The molecule has 2 fully saturated rings. The highest BCUT2D eigenvalue weighted by Crippen LogP contribution is 2.25. The fourth-order valence-electron chi connectivity index (χ4n) is 2.79. The highest BCUT2D eigenvalue weighted by Gasteiger charge is 2.35. The van der Waals surface area contributed by atoms with Crippen LogP contribution in [-0.2, 0) is 0 Å². The summed E-state index contributed by atoms with van der Waals surface area (Å²) in [6.07, 6.45) is 0. The van der Waals surface area contributed by atoms with E-state index in [-0.39, 0.29) is 12.1 Å². The van der Waals surface area contributed by atoms with Crippen LogP contribution >= 0.6 is 0 Å². The Hall–Kier alpha value is -1.79. The van der Waals surface area contributed by atoms with Crippen LogP contribution in [0.2, 0.25) is 0 Å². The molecule has 0 saturated carbocycles. The second kappa shape index (κ2) is 5.30. The number of nitrogens with zero attached hydrogens (tertiary/aromatic N) is 2. The Kier molecular flexibility index (Phi) is 3.50. The van der Waals surface area contributed by atoms with Crippen molar-refractivity contribution in [3.05, 3.63) is 23.8 Å². The first-order valence-electron chi connectivity index (χ1n) is 6.90. The predicted molar refractivity (Wildman–Crippen MR) is 77.0 cm³/mol. The molecular formula is C14H20N4O2. The molecule has 1 unspecified atom stereocenters. The molecule has 6 heteroatoms. The van der Waals surface area contributed by atoms with Crippen molar-refractivity contribution in [1.82, 2.24) is 15.6 Å². The normalized spacial score (nSPS) is 22.7. The molecule has 108 valence electrons. The maximum Gasteiger partial charge on any atom is 0.339 e. The molecule has 20 heavy (non-hydrogen) atoms. The van der Waals surface area contributed by atoms with E-state index in [2.05, 4.69) is 10.7 Å². The summed E-state index contributed by atoms with van der Waals surface area (Å²) in [6, 6.07) is 6.02. The summed E-state index contributed by atoms with van der Waals surface area (Å²) in [7, 11) is 1.65. The van der Waals surface area contributed by atoms with Gasteiger partial charge in [0.1, 0.15) is 5.75 Å². The van der Waals surface area contributed by atoms with Crippen LogP contribution < -0.4 is 20.5 Å². The number of fused-ring (bicyclic) bond motifs is 1.